The van der Waals surface area contributed by atoms with Crippen LogP contribution in [0.5, 0.6) is 5.75 Å². The Labute approximate surface area is 209 Å². The number of nitrogens with zero attached hydrogens (tertiary/aromatic N) is 2. The molecule has 0 unspecified atom stereocenters. The van der Waals surface area contributed by atoms with Crippen LogP contribution in [0.25, 0.3) is 10.8 Å². The second kappa shape index (κ2) is 11.0. The molecule has 3 rings (SSSR count). The zero-order valence-electron chi connectivity index (χ0n) is 19.8. The van der Waals surface area contributed by atoms with Crippen LogP contribution in [0.15, 0.2) is 65.6 Å². The lowest BCUT2D eigenvalue weighted by Crippen LogP contribution is -2.37. The SMILES string of the molecule is C#CCN(c1ccc(N(CC(=O)O)S(=O)(=O)c2ccccc2OC)c2ccccc12)[C@@H](C)CC(=O)O. The summed E-state index contributed by atoms with van der Waals surface area (Å²) < 4.78 is 33.5. The first-order valence-electron chi connectivity index (χ1n) is 10.9. The molecule has 1 atom stereocenters. The number of anilines is 2. The van der Waals surface area contributed by atoms with Crippen LogP contribution in [-0.4, -0.2) is 56.8 Å². The van der Waals surface area contributed by atoms with Crippen LogP contribution in [-0.2, 0) is 19.6 Å². The first kappa shape index (κ1) is 26.4. The second-order valence-electron chi connectivity index (χ2n) is 7.98. The Morgan fingerprint density at radius 1 is 0.972 bits per heavy atom. The maximum atomic E-state index is 13.7. The van der Waals surface area contributed by atoms with Gasteiger partial charge in [0.15, 0.2) is 0 Å². The fourth-order valence-electron chi connectivity index (χ4n) is 4.05. The van der Waals surface area contributed by atoms with Crippen LogP contribution in [0.4, 0.5) is 11.4 Å². The molecule has 0 spiro atoms. The molecule has 0 saturated heterocycles. The minimum atomic E-state index is -4.36. The molecule has 0 saturated carbocycles. The largest absolute Gasteiger partial charge is 0.495 e. The van der Waals surface area contributed by atoms with Crippen LogP contribution < -0.4 is 13.9 Å². The monoisotopic (exact) mass is 510 g/mol. The molecule has 0 amide bonds. The van der Waals surface area contributed by atoms with Gasteiger partial charge in [0.25, 0.3) is 10.0 Å². The topological polar surface area (TPSA) is 124 Å². The van der Waals surface area contributed by atoms with Crippen LogP contribution in [0.3, 0.4) is 0 Å². The number of hydrogen-bond donors (Lipinski definition) is 2. The first-order valence-corrected chi connectivity index (χ1v) is 12.4. The lowest BCUT2D eigenvalue weighted by atomic mass is 10.0. The van der Waals surface area contributed by atoms with Gasteiger partial charge < -0.3 is 19.8 Å². The average molecular weight is 511 g/mol. The van der Waals surface area contributed by atoms with Crippen LogP contribution in [0, 0.1) is 12.3 Å². The number of aliphatic carboxylic acids is 2. The number of sulfonamides is 1. The highest BCUT2D eigenvalue weighted by atomic mass is 32.2. The number of para-hydroxylation sites is 1. The van der Waals surface area contributed by atoms with E-state index in [1.54, 1.807) is 48.2 Å². The van der Waals surface area contributed by atoms with Gasteiger partial charge in [0.05, 0.1) is 25.8 Å². The van der Waals surface area contributed by atoms with Crippen molar-refractivity contribution >= 4 is 44.1 Å². The van der Waals surface area contributed by atoms with E-state index in [2.05, 4.69) is 5.92 Å². The predicted octanol–water partition coefficient (Wildman–Crippen LogP) is 3.43. The van der Waals surface area contributed by atoms with Crippen LogP contribution >= 0.6 is 0 Å². The molecule has 3 aromatic rings. The Balaban J connectivity index is 2.26. The summed E-state index contributed by atoms with van der Waals surface area (Å²) in [5.74, 6) is 0.295. The normalized spacial score (nSPS) is 11.9. The zero-order valence-corrected chi connectivity index (χ0v) is 20.6. The number of hydrogen-bond acceptors (Lipinski definition) is 6. The number of methoxy groups -OCH3 is 1. The lowest BCUT2D eigenvalue weighted by molar-refractivity contribution is -0.137. The van der Waals surface area contributed by atoms with Crippen molar-refractivity contribution in [3.8, 4) is 18.1 Å². The minimum Gasteiger partial charge on any atom is -0.495 e. The van der Waals surface area contributed by atoms with Crippen molar-refractivity contribution in [3.05, 3.63) is 60.7 Å². The van der Waals surface area contributed by atoms with Crippen molar-refractivity contribution in [1.29, 1.82) is 0 Å². The first-order chi connectivity index (χ1) is 17.1. The number of carboxylic acid groups (broad SMARTS) is 2. The predicted molar refractivity (Wildman–Crippen MR) is 137 cm³/mol. The molecule has 0 aliphatic rings. The van der Waals surface area contributed by atoms with Crippen molar-refractivity contribution in [1.82, 2.24) is 0 Å². The molecule has 0 bridgehead atoms. The molecule has 2 N–H and O–H groups in total. The van der Waals surface area contributed by atoms with E-state index < -0.39 is 34.5 Å². The maximum absolute atomic E-state index is 13.7. The van der Waals surface area contributed by atoms with E-state index in [0.29, 0.717) is 16.5 Å². The number of carboxylic acids is 2. The van der Waals surface area contributed by atoms with Crippen LogP contribution in [0.2, 0.25) is 0 Å². The van der Waals surface area contributed by atoms with Gasteiger partial charge in [-0.2, -0.15) is 0 Å². The molecule has 0 fully saturated rings. The van der Waals surface area contributed by atoms with Crippen molar-refractivity contribution in [3.63, 3.8) is 0 Å². The van der Waals surface area contributed by atoms with Gasteiger partial charge in [-0.25, -0.2) is 8.42 Å². The number of fused-ring (bicyclic) bond motifs is 1. The van der Waals surface area contributed by atoms with Gasteiger partial charge >= 0.3 is 11.9 Å². The van der Waals surface area contributed by atoms with Gasteiger partial charge in [0.2, 0.25) is 0 Å². The van der Waals surface area contributed by atoms with E-state index in [1.165, 1.54) is 31.4 Å². The van der Waals surface area contributed by atoms with E-state index in [0.717, 1.165) is 4.31 Å². The molecular weight excluding hydrogens is 484 g/mol. The van der Waals surface area contributed by atoms with E-state index in [1.807, 2.05) is 0 Å². The summed E-state index contributed by atoms with van der Waals surface area (Å²) in [6, 6.07) is 15.5. The summed E-state index contributed by atoms with van der Waals surface area (Å²) in [7, 11) is -3.02. The molecular formula is C26H26N2O7S. The summed E-state index contributed by atoms with van der Waals surface area (Å²) in [5, 5.41) is 19.9. The quantitative estimate of drug-likeness (QED) is 0.376. The Morgan fingerprint density at radius 2 is 1.56 bits per heavy atom. The summed E-state index contributed by atoms with van der Waals surface area (Å²) in [5.41, 5.74) is 0.750. The third-order valence-corrected chi connectivity index (χ3v) is 7.44. The highest BCUT2D eigenvalue weighted by Gasteiger charge is 2.31. The smallest absolute Gasteiger partial charge is 0.324 e. The molecule has 0 heterocycles. The lowest BCUT2D eigenvalue weighted by Gasteiger charge is -2.31. The number of carbonyl (C=O) groups is 2. The summed E-state index contributed by atoms with van der Waals surface area (Å²) in [6.07, 6.45) is 5.40. The van der Waals surface area contributed by atoms with Gasteiger partial charge in [-0.15, -0.1) is 6.42 Å². The van der Waals surface area contributed by atoms with Gasteiger partial charge in [0, 0.05) is 22.5 Å². The fourth-order valence-corrected chi connectivity index (χ4v) is 5.64. The number of rotatable bonds is 11. The number of benzene rings is 3. The third-order valence-electron chi connectivity index (χ3n) is 5.64. The van der Waals surface area contributed by atoms with Crippen molar-refractivity contribution in [2.45, 2.75) is 24.3 Å². The molecule has 3 aromatic carbocycles. The Morgan fingerprint density at radius 3 is 2.14 bits per heavy atom. The van der Waals surface area contributed by atoms with Crippen molar-refractivity contribution in [2.75, 3.05) is 29.4 Å². The van der Waals surface area contributed by atoms with Crippen molar-refractivity contribution in [2.24, 2.45) is 0 Å². The molecule has 0 aliphatic heterocycles. The number of ether oxygens (including phenoxy) is 1. The standard InChI is InChI=1S/C26H26N2O7S/c1-4-15-27(18(2)16-25(29)30)21-13-14-22(20-10-6-5-9-19(20)21)28(17-26(31)32)36(33,34)24-12-8-7-11-23(24)35-3/h1,5-14,18H,15-17H2,2-3H3,(H,29,30)(H,31,32)/t18-/m0/s1. The minimum absolute atomic E-state index is 0.0801. The van der Waals surface area contributed by atoms with Gasteiger partial charge in [-0.05, 0) is 31.2 Å². The van der Waals surface area contributed by atoms with Gasteiger partial charge in [-0.3, -0.25) is 13.9 Å². The Hall–Kier alpha value is -4.23. The molecule has 10 heteroatoms. The zero-order chi connectivity index (χ0) is 26.5. The van der Waals surface area contributed by atoms with Gasteiger partial charge in [-0.1, -0.05) is 42.3 Å². The summed E-state index contributed by atoms with van der Waals surface area (Å²) >= 11 is 0. The van der Waals surface area contributed by atoms with E-state index in [9.17, 15) is 28.2 Å². The molecule has 9 nitrogen and oxygen atoms in total. The highest BCUT2D eigenvalue weighted by molar-refractivity contribution is 7.93. The second-order valence-corrected chi connectivity index (χ2v) is 9.82. The molecule has 0 aliphatic carbocycles. The molecule has 36 heavy (non-hydrogen) atoms. The third kappa shape index (κ3) is 5.37. The van der Waals surface area contributed by atoms with E-state index in [4.69, 9.17) is 11.2 Å². The average Bonchev–Trinajstić information content (AvgIpc) is 2.85. The Kier molecular flexibility index (Phi) is 8.07. The molecule has 0 radical (unpaired) electrons. The highest BCUT2D eigenvalue weighted by Crippen LogP contribution is 2.38. The molecule has 188 valence electrons. The summed E-state index contributed by atoms with van der Waals surface area (Å²) in [4.78, 5) is 24.7. The van der Waals surface area contributed by atoms with E-state index in [-0.39, 0.29) is 29.3 Å². The van der Waals surface area contributed by atoms with Gasteiger partial charge in [0.1, 0.15) is 17.2 Å². The summed E-state index contributed by atoms with van der Waals surface area (Å²) in [6.45, 7) is 1.03. The fraction of sp³-hybridized carbons (Fsp3) is 0.231. The molecule has 0 aromatic heterocycles. The van der Waals surface area contributed by atoms with E-state index >= 15 is 0 Å². The maximum Gasteiger partial charge on any atom is 0.324 e. The van der Waals surface area contributed by atoms with Crippen LogP contribution in [0.1, 0.15) is 13.3 Å². The Bertz CT molecular complexity index is 1430. The number of terminal acetylenes is 1. The van der Waals surface area contributed by atoms with Crippen molar-refractivity contribution < 1.29 is 33.0 Å².